The van der Waals surface area contributed by atoms with Crippen molar-refractivity contribution in [1.29, 1.82) is 0 Å². The van der Waals surface area contributed by atoms with Crippen molar-refractivity contribution in [3.05, 3.63) is 32.8 Å². The van der Waals surface area contributed by atoms with E-state index in [1.165, 1.54) is 0 Å². The van der Waals surface area contributed by atoms with Gasteiger partial charge in [0.25, 0.3) is 0 Å². The Morgan fingerprint density at radius 1 is 1.20 bits per heavy atom. The van der Waals surface area contributed by atoms with E-state index >= 15 is 0 Å². The SMILES string of the molecule is CC(C)(C)[S@@+]([O-])N=Cc1c(F)c(Br)c2c(c1F)CCC2. The fraction of sp³-hybridized carbons (Fsp3) is 0.500. The fourth-order valence-corrected chi connectivity index (χ4v) is 3.28. The van der Waals surface area contributed by atoms with Gasteiger partial charge in [0.1, 0.15) is 27.7 Å². The molecule has 1 atom stereocenters. The average molecular weight is 364 g/mol. The second kappa shape index (κ2) is 5.73. The second-order valence-corrected chi connectivity index (χ2v) is 8.49. The Labute approximate surface area is 129 Å². The predicted octanol–water partition coefficient (Wildman–Crippen LogP) is 4.10. The third kappa shape index (κ3) is 2.92. The highest BCUT2D eigenvalue weighted by atomic mass is 79.9. The Morgan fingerprint density at radius 3 is 2.40 bits per heavy atom. The molecule has 2 rings (SSSR count). The maximum absolute atomic E-state index is 14.3. The van der Waals surface area contributed by atoms with Gasteiger partial charge in [-0.05, 0) is 67.1 Å². The normalized spacial score (nSPS) is 16.8. The van der Waals surface area contributed by atoms with Crippen LogP contribution in [0.3, 0.4) is 0 Å². The number of rotatable bonds is 2. The molecular weight excluding hydrogens is 348 g/mol. The number of hydrogen-bond donors (Lipinski definition) is 0. The van der Waals surface area contributed by atoms with Crippen LogP contribution in [-0.2, 0) is 24.2 Å². The molecule has 6 heteroatoms. The van der Waals surface area contributed by atoms with Gasteiger partial charge >= 0.3 is 0 Å². The molecule has 0 bridgehead atoms. The smallest absolute Gasteiger partial charge is 0.149 e. The molecule has 0 heterocycles. The van der Waals surface area contributed by atoms with Crippen molar-refractivity contribution >= 4 is 33.5 Å². The molecule has 0 spiro atoms. The summed E-state index contributed by atoms with van der Waals surface area (Å²) >= 11 is 1.65. The van der Waals surface area contributed by atoms with E-state index in [4.69, 9.17) is 0 Å². The van der Waals surface area contributed by atoms with Crippen molar-refractivity contribution < 1.29 is 13.3 Å². The zero-order chi connectivity index (χ0) is 15.1. The Morgan fingerprint density at radius 2 is 1.80 bits per heavy atom. The quantitative estimate of drug-likeness (QED) is 0.442. The third-order valence-electron chi connectivity index (χ3n) is 3.21. The minimum atomic E-state index is -1.54. The van der Waals surface area contributed by atoms with Crippen molar-refractivity contribution in [1.82, 2.24) is 0 Å². The van der Waals surface area contributed by atoms with E-state index in [-0.39, 0.29) is 5.56 Å². The van der Waals surface area contributed by atoms with E-state index in [1.54, 1.807) is 20.8 Å². The van der Waals surface area contributed by atoms with Crippen LogP contribution in [0.25, 0.3) is 0 Å². The molecule has 20 heavy (non-hydrogen) atoms. The minimum absolute atomic E-state index is 0.213. The van der Waals surface area contributed by atoms with Gasteiger partial charge in [0, 0.05) is 0 Å². The molecule has 1 aromatic carbocycles. The molecular formula is C14H16BrF2NOS. The largest absolute Gasteiger partial charge is 0.591 e. The average Bonchev–Trinajstić information content (AvgIpc) is 2.84. The molecule has 1 aliphatic carbocycles. The van der Waals surface area contributed by atoms with Gasteiger partial charge in [0.15, 0.2) is 0 Å². The highest BCUT2D eigenvalue weighted by molar-refractivity contribution is 9.10. The van der Waals surface area contributed by atoms with Crippen LogP contribution in [0.5, 0.6) is 0 Å². The van der Waals surface area contributed by atoms with Crippen molar-refractivity contribution in [3.63, 3.8) is 0 Å². The first-order valence-corrected chi connectivity index (χ1v) is 8.27. The fourth-order valence-electron chi connectivity index (χ4n) is 2.11. The predicted molar refractivity (Wildman–Crippen MR) is 81.6 cm³/mol. The molecule has 0 radical (unpaired) electrons. The molecule has 0 saturated heterocycles. The van der Waals surface area contributed by atoms with Crippen LogP contribution in [0.1, 0.15) is 43.9 Å². The van der Waals surface area contributed by atoms with Crippen molar-refractivity contribution in [2.75, 3.05) is 0 Å². The Bertz CT molecular complexity index is 570. The first-order valence-electron chi connectivity index (χ1n) is 6.37. The standard InChI is InChI=1S/C14H16BrF2NOS/c1-14(2,3)20(19)18-7-10-12(16)9-6-4-5-8(9)11(15)13(10)17/h7H,4-6H2,1-3H3/t20-/m1/s1. The number of nitrogens with zero attached hydrogens (tertiary/aromatic N) is 1. The molecule has 0 saturated carbocycles. The number of hydrogen-bond acceptors (Lipinski definition) is 2. The van der Waals surface area contributed by atoms with E-state index in [1.807, 2.05) is 0 Å². The van der Waals surface area contributed by atoms with Crippen molar-refractivity contribution in [2.24, 2.45) is 4.40 Å². The van der Waals surface area contributed by atoms with Crippen LogP contribution in [0.2, 0.25) is 0 Å². The van der Waals surface area contributed by atoms with Crippen molar-refractivity contribution in [2.45, 2.75) is 44.8 Å². The first-order chi connectivity index (χ1) is 9.23. The molecule has 2 nitrogen and oxygen atoms in total. The molecule has 0 unspecified atom stereocenters. The monoisotopic (exact) mass is 363 g/mol. The van der Waals surface area contributed by atoms with Gasteiger partial charge in [0.05, 0.1) is 16.3 Å². The summed E-state index contributed by atoms with van der Waals surface area (Å²) in [5, 5.41) is 0. The van der Waals surface area contributed by atoms with Crippen LogP contribution < -0.4 is 0 Å². The lowest BCUT2D eigenvalue weighted by molar-refractivity contribution is 0.560. The van der Waals surface area contributed by atoms with E-state index in [2.05, 4.69) is 20.3 Å². The lowest BCUT2D eigenvalue weighted by atomic mass is 10.1. The molecule has 1 aromatic rings. The zero-order valence-corrected chi connectivity index (χ0v) is 14.0. The van der Waals surface area contributed by atoms with Crippen molar-refractivity contribution in [3.8, 4) is 0 Å². The van der Waals surface area contributed by atoms with E-state index in [9.17, 15) is 13.3 Å². The second-order valence-electron chi connectivity index (χ2n) is 5.76. The molecule has 0 aliphatic heterocycles. The maximum atomic E-state index is 14.3. The molecule has 0 fully saturated rings. The summed E-state index contributed by atoms with van der Waals surface area (Å²) < 4.78 is 43.9. The molecule has 110 valence electrons. The lowest BCUT2D eigenvalue weighted by Crippen LogP contribution is -2.26. The summed E-state index contributed by atoms with van der Waals surface area (Å²) in [4.78, 5) is 0. The molecule has 1 aliphatic rings. The Hall–Kier alpha value is -0.460. The van der Waals surface area contributed by atoms with Gasteiger partial charge in [0.2, 0.25) is 0 Å². The maximum Gasteiger partial charge on any atom is 0.149 e. The van der Waals surface area contributed by atoms with Gasteiger partial charge in [-0.1, -0.05) is 4.40 Å². The number of fused-ring (bicyclic) bond motifs is 1. The number of halogens is 3. The van der Waals surface area contributed by atoms with Gasteiger partial charge in [-0.2, -0.15) is 0 Å². The zero-order valence-electron chi connectivity index (χ0n) is 11.6. The lowest BCUT2D eigenvalue weighted by Gasteiger charge is -2.18. The number of benzene rings is 1. The molecule has 0 aromatic heterocycles. The molecule has 0 N–H and O–H groups in total. The highest BCUT2D eigenvalue weighted by Crippen LogP contribution is 2.35. The Balaban J connectivity index is 2.44. The summed E-state index contributed by atoms with van der Waals surface area (Å²) in [6.07, 6.45) is 3.15. The van der Waals surface area contributed by atoms with Crippen LogP contribution in [0.15, 0.2) is 8.87 Å². The summed E-state index contributed by atoms with van der Waals surface area (Å²) in [5.74, 6) is -1.24. The van der Waals surface area contributed by atoms with E-state index < -0.39 is 27.7 Å². The van der Waals surface area contributed by atoms with Gasteiger partial charge in [-0.3, -0.25) is 0 Å². The third-order valence-corrected chi connectivity index (χ3v) is 5.39. The molecule has 0 amide bonds. The Kier molecular flexibility index (Phi) is 4.56. The van der Waals surface area contributed by atoms with Crippen LogP contribution in [0.4, 0.5) is 8.78 Å². The summed E-state index contributed by atoms with van der Waals surface area (Å²) in [6.45, 7) is 5.27. The summed E-state index contributed by atoms with van der Waals surface area (Å²) in [5.41, 5.74) is 1.03. The van der Waals surface area contributed by atoms with Crippen LogP contribution in [-0.4, -0.2) is 15.5 Å². The minimum Gasteiger partial charge on any atom is -0.591 e. The van der Waals surface area contributed by atoms with Crippen LogP contribution >= 0.6 is 15.9 Å². The van der Waals surface area contributed by atoms with Crippen LogP contribution in [0, 0.1) is 11.6 Å². The van der Waals surface area contributed by atoms with E-state index in [0.717, 1.165) is 12.6 Å². The van der Waals surface area contributed by atoms with Gasteiger partial charge < -0.3 is 4.55 Å². The summed E-state index contributed by atoms with van der Waals surface area (Å²) in [7, 11) is 0. The topological polar surface area (TPSA) is 35.4 Å². The van der Waals surface area contributed by atoms with Gasteiger partial charge in [-0.15, -0.1) is 0 Å². The van der Waals surface area contributed by atoms with E-state index in [0.29, 0.717) is 28.4 Å². The highest BCUT2D eigenvalue weighted by Gasteiger charge is 2.28. The first kappa shape index (κ1) is 15.9. The summed E-state index contributed by atoms with van der Waals surface area (Å²) in [6, 6.07) is 0. The van der Waals surface area contributed by atoms with Gasteiger partial charge in [-0.25, -0.2) is 8.78 Å².